The van der Waals surface area contributed by atoms with Crippen molar-refractivity contribution < 1.29 is 43.1 Å². The molecule has 0 aromatic heterocycles. The van der Waals surface area contributed by atoms with Crippen LogP contribution in [0, 0.1) is 0 Å². The third kappa shape index (κ3) is 4.28. The van der Waals surface area contributed by atoms with Gasteiger partial charge in [-0.15, -0.1) is 0 Å². The number of hydrogen-bond donors (Lipinski definition) is 5. The van der Waals surface area contributed by atoms with Crippen molar-refractivity contribution in [3.63, 3.8) is 0 Å². The molecule has 0 aromatic rings. The number of amides is 1. The molecule has 0 saturated carbocycles. The lowest BCUT2D eigenvalue weighted by Crippen LogP contribution is -2.64. The highest BCUT2D eigenvalue weighted by Crippen LogP contribution is 2.22. The average molecular weight is 289 g/mol. The van der Waals surface area contributed by atoms with Crippen molar-refractivity contribution in [1.29, 1.82) is 0 Å². The highest BCUT2D eigenvalue weighted by molar-refractivity contribution is 5.77. The minimum absolute atomic E-state index is 0.710. The summed E-state index contributed by atoms with van der Waals surface area (Å²) in [5, 5.41) is 38.9. The molecular formula is C9H14F3NO6. The minimum atomic E-state index is -4.73. The van der Waals surface area contributed by atoms with Crippen LogP contribution in [-0.2, 0) is 9.53 Å². The number of carbonyl (C=O) groups excluding carboxylic acids is 1. The number of halogens is 3. The van der Waals surface area contributed by atoms with E-state index in [1.165, 1.54) is 0 Å². The van der Waals surface area contributed by atoms with E-state index in [1.807, 2.05) is 0 Å². The van der Waals surface area contributed by atoms with Crippen LogP contribution in [0.4, 0.5) is 13.2 Å². The quantitative estimate of drug-likeness (QED) is 0.404. The highest BCUT2D eigenvalue weighted by atomic mass is 19.4. The maximum Gasteiger partial charge on any atom is 0.397 e. The summed E-state index contributed by atoms with van der Waals surface area (Å²) in [6, 6.07) is -1.62. The lowest BCUT2D eigenvalue weighted by molar-refractivity contribution is -0.254. The van der Waals surface area contributed by atoms with Gasteiger partial charge in [0, 0.05) is 0 Å². The highest BCUT2D eigenvalue weighted by Gasteiger charge is 2.45. The van der Waals surface area contributed by atoms with Crippen LogP contribution in [0.15, 0.2) is 0 Å². The summed E-state index contributed by atoms with van der Waals surface area (Å²) in [4.78, 5) is 11.0. The van der Waals surface area contributed by atoms with Crippen LogP contribution in [0.2, 0.25) is 0 Å². The van der Waals surface area contributed by atoms with Crippen LogP contribution in [0.1, 0.15) is 6.42 Å². The number of rotatable bonds is 3. The van der Waals surface area contributed by atoms with Gasteiger partial charge in [0.15, 0.2) is 6.29 Å². The smallest absolute Gasteiger partial charge is 0.394 e. The molecule has 5 atom stereocenters. The van der Waals surface area contributed by atoms with Gasteiger partial charge in [-0.3, -0.25) is 4.79 Å². The van der Waals surface area contributed by atoms with Crippen LogP contribution >= 0.6 is 0 Å². The third-order valence-electron chi connectivity index (χ3n) is 2.59. The predicted molar refractivity (Wildman–Crippen MR) is 52.6 cm³/mol. The summed E-state index contributed by atoms with van der Waals surface area (Å²) >= 11 is 0. The fourth-order valence-corrected chi connectivity index (χ4v) is 1.67. The van der Waals surface area contributed by atoms with E-state index in [1.54, 1.807) is 5.32 Å². The Labute approximate surface area is 105 Å². The summed E-state index contributed by atoms with van der Waals surface area (Å²) in [5.41, 5.74) is 0. The molecule has 1 heterocycles. The van der Waals surface area contributed by atoms with Gasteiger partial charge in [-0.25, -0.2) is 0 Å². The van der Waals surface area contributed by atoms with Crippen molar-refractivity contribution in [2.75, 3.05) is 6.61 Å². The van der Waals surface area contributed by atoms with Crippen molar-refractivity contribution in [3.05, 3.63) is 0 Å². The van der Waals surface area contributed by atoms with E-state index in [9.17, 15) is 33.3 Å². The molecule has 1 rings (SSSR count). The topological polar surface area (TPSA) is 119 Å². The Kier molecular flexibility index (Phi) is 5.10. The monoisotopic (exact) mass is 289 g/mol. The second kappa shape index (κ2) is 6.01. The SMILES string of the molecule is O=C(CC(F)(F)F)N[C@@H]1C(O)O[C@H](CO)[C@@H](O)[C@@H]1O. The third-order valence-corrected chi connectivity index (χ3v) is 2.59. The molecule has 112 valence electrons. The summed E-state index contributed by atoms with van der Waals surface area (Å²) in [6.07, 6.45) is -13.1. The van der Waals surface area contributed by atoms with Gasteiger partial charge in [-0.05, 0) is 0 Å². The molecule has 19 heavy (non-hydrogen) atoms. The van der Waals surface area contributed by atoms with Crippen LogP contribution in [0.25, 0.3) is 0 Å². The first-order chi connectivity index (χ1) is 8.65. The van der Waals surface area contributed by atoms with E-state index in [-0.39, 0.29) is 0 Å². The second-order valence-corrected chi connectivity index (χ2v) is 4.11. The van der Waals surface area contributed by atoms with Gasteiger partial charge in [0.05, 0.1) is 6.61 Å². The molecule has 0 bridgehead atoms. The molecule has 1 aliphatic rings. The molecular weight excluding hydrogens is 275 g/mol. The largest absolute Gasteiger partial charge is 0.397 e. The molecule has 0 radical (unpaired) electrons. The van der Waals surface area contributed by atoms with Gasteiger partial charge in [0.25, 0.3) is 0 Å². The van der Waals surface area contributed by atoms with E-state index in [0.29, 0.717) is 0 Å². The zero-order valence-electron chi connectivity index (χ0n) is 9.54. The van der Waals surface area contributed by atoms with E-state index >= 15 is 0 Å². The molecule has 0 aliphatic carbocycles. The Balaban J connectivity index is 2.65. The van der Waals surface area contributed by atoms with Crippen molar-refractivity contribution in [3.8, 4) is 0 Å². The number of alkyl halides is 3. The van der Waals surface area contributed by atoms with Crippen molar-refractivity contribution >= 4 is 5.91 Å². The maximum absolute atomic E-state index is 11.9. The molecule has 1 amide bonds. The summed E-state index contributed by atoms with van der Waals surface area (Å²) in [7, 11) is 0. The molecule has 0 spiro atoms. The number of carbonyl (C=O) groups is 1. The first kappa shape index (κ1) is 16.1. The predicted octanol–water partition coefficient (Wildman–Crippen LogP) is -2.15. The van der Waals surface area contributed by atoms with Gasteiger partial charge >= 0.3 is 6.18 Å². The molecule has 5 N–H and O–H groups in total. The molecule has 1 saturated heterocycles. The van der Waals surface area contributed by atoms with Gasteiger partial charge in [0.2, 0.25) is 5.91 Å². The van der Waals surface area contributed by atoms with Gasteiger partial charge in [-0.1, -0.05) is 0 Å². The Hall–Kier alpha value is -0.940. The lowest BCUT2D eigenvalue weighted by Gasteiger charge is -2.40. The normalized spacial score (nSPS) is 36.1. The van der Waals surface area contributed by atoms with Crippen LogP contribution in [0.3, 0.4) is 0 Å². The zero-order valence-corrected chi connectivity index (χ0v) is 9.54. The van der Waals surface area contributed by atoms with E-state index in [0.717, 1.165) is 0 Å². The lowest BCUT2D eigenvalue weighted by atomic mass is 9.97. The maximum atomic E-state index is 11.9. The molecule has 1 unspecified atom stereocenters. The zero-order chi connectivity index (χ0) is 14.8. The fraction of sp³-hybridized carbons (Fsp3) is 0.889. The summed E-state index contributed by atoms with van der Waals surface area (Å²) < 4.78 is 40.5. The van der Waals surface area contributed by atoms with Crippen molar-refractivity contribution in [2.24, 2.45) is 0 Å². The number of ether oxygens (including phenoxy) is 1. The van der Waals surface area contributed by atoms with Crippen molar-refractivity contribution in [1.82, 2.24) is 5.32 Å². The molecule has 10 heteroatoms. The molecule has 0 aromatic carbocycles. The first-order valence-electron chi connectivity index (χ1n) is 5.32. The molecule has 1 fully saturated rings. The van der Waals surface area contributed by atoms with Crippen LogP contribution in [0.5, 0.6) is 0 Å². The number of nitrogens with one attached hydrogen (secondary N) is 1. The summed E-state index contributed by atoms with van der Waals surface area (Å²) in [5.74, 6) is -1.48. The van der Waals surface area contributed by atoms with Gasteiger partial charge in [0.1, 0.15) is 30.8 Å². The van der Waals surface area contributed by atoms with E-state index in [4.69, 9.17) is 5.11 Å². The number of aliphatic hydroxyl groups is 4. The van der Waals surface area contributed by atoms with Gasteiger partial charge in [-0.2, -0.15) is 13.2 Å². The average Bonchev–Trinajstić information content (AvgIpc) is 2.27. The first-order valence-corrected chi connectivity index (χ1v) is 5.32. The molecule has 1 aliphatic heterocycles. The van der Waals surface area contributed by atoms with Crippen molar-refractivity contribution in [2.45, 2.75) is 43.2 Å². The number of aliphatic hydroxyl groups excluding tert-OH is 4. The fourth-order valence-electron chi connectivity index (χ4n) is 1.67. The van der Waals surface area contributed by atoms with E-state index in [2.05, 4.69) is 4.74 Å². The Morgan fingerprint density at radius 2 is 1.79 bits per heavy atom. The second-order valence-electron chi connectivity index (χ2n) is 4.11. The molecule has 7 nitrogen and oxygen atoms in total. The standard InChI is InChI=1S/C9H14F3NO6/c10-9(11,12)1-4(15)13-5-7(17)6(16)3(2-14)19-8(5)18/h3,5-8,14,16-18H,1-2H2,(H,13,15)/t3-,5+,6-,7-,8?/m1/s1. The van der Waals surface area contributed by atoms with Crippen LogP contribution < -0.4 is 5.32 Å². The Morgan fingerprint density at radius 3 is 2.26 bits per heavy atom. The van der Waals surface area contributed by atoms with Crippen LogP contribution in [-0.4, -0.2) is 69.8 Å². The Bertz CT molecular complexity index is 326. The van der Waals surface area contributed by atoms with Gasteiger partial charge < -0.3 is 30.5 Å². The Morgan fingerprint density at radius 1 is 1.21 bits per heavy atom. The number of hydrogen-bond acceptors (Lipinski definition) is 6. The van der Waals surface area contributed by atoms with E-state index < -0.39 is 55.8 Å². The minimum Gasteiger partial charge on any atom is -0.394 e. The summed E-state index contributed by atoms with van der Waals surface area (Å²) in [6.45, 7) is -0.710.